The lowest BCUT2D eigenvalue weighted by Crippen LogP contribution is -2.12. The second-order valence-corrected chi connectivity index (χ2v) is 9.19. The van der Waals surface area contributed by atoms with E-state index in [1.165, 1.54) is 0 Å². The van der Waals surface area contributed by atoms with Crippen molar-refractivity contribution in [1.82, 2.24) is 0 Å². The van der Waals surface area contributed by atoms with E-state index in [2.05, 4.69) is 0 Å². The molecule has 0 heterocycles. The van der Waals surface area contributed by atoms with Crippen LogP contribution in [0, 0.1) is 0 Å². The van der Waals surface area contributed by atoms with E-state index in [9.17, 15) is 9.59 Å². The van der Waals surface area contributed by atoms with Crippen molar-refractivity contribution in [3.05, 3.63) is 108 Å². The van der Waals surface area contributed by atoms with Crippen molar-refractivity contribution >= 4 is 33.4 Å². The zero-order valence-electron chi connectivity index (χ0n) is 17.0. The first-order valence-electron chi connectivity index (χ1n) is 9.87. The standard InChI is InChI=1S/C26H20N2O2S2/c27-25(29)21-13-3-1-9-17(21)19-11-5-7-15-23(19)31-32-24-16-8-6-12-20(24)18-10-2-4-14-22(18)26(28)30/h1-16H,(H2,27,29)(H2,28,30). The molecule has 158 valence electrons. The maximum atomic E-state index is 11.9. The zero-order valence-corrected chi connectivity index (χ0v) is 18.7. The molecule has 32 heavy (non-hydrogen) atoms. The molecule has 0 saturated heterocycles. The number of hydrogen-bond donors (Lipinski definition) is 2. The third-order valence-corrected chi connectivity index (χ3v) is 7.44. The van der Waals surface area contributed by atoms with Crippen LogP contribution in [-0.2, 0) is 0 Å². The highest BCUT2D eigenvalue weighted by molar-refractivity contribution is 8.76. The molecular weight excluding hydrogens is 436 g/mol. The highest BCUT2D eigenvalue weighted by Gasteiger charge is 2.16. The van der Waals surface area contributed by atoms with Crippen molar-refractivity contribution in [2.45, 2.75) is 9.79 Å². The summed E-state index contributed by atoms with van der Waals surface area (Å²) >= 11 is 0. The Bertz CT molecular complexity index is 1200. The Labute approximate surface area is 194 Å². The first kappa shape index (κ1) is 21.7. The van der Waals surface area contributed by atoms with Gasteiger partial charge in [0, 0.05) is 20.9 Å². The van der Waals surface area contributed by atoms with Crippen molar-refractivity contribution in [2.75, 3.05) is 0 Å². The Balaban J connectivity index is 1.70. The Morgan fingerprint density at radius 2 is 0.781 bits per heavy atom. The minimum absolute atomic E-state index is 0.457. The molecule has 0 aromatic heterocycles. The van der Waals surface area contributed by atoms with Crippen LogP contribution in [0.25, 0.3) is 22.3 Å². The molecule has 4 N–H and O–H groups in total. The number of primary amides is 2. The molecule has 0 aliphatic carbocycles. The van der Waals surface area contributed by atoms with Crippen LogP contribution in [0.3, 0.4) is 0 Å². The third kappa shape index (κ3) is 4.56. The van der Waals surface area contributed by atoms with E-state index in [1.807, 2.05) is 72.8 Å². The second kappa shape index (κ2) is 9.77. The quantitative estimate of drug-likeness (QED) is 0.333. The fourth-order valence-corrected chi connectivity index (χ4v) is 5.87. The lowest BCUT2D eigenvalue weighted by Gasteiger charge is -2.14. The van der Waals surface area contributed by atoms with Crippen molar-refractivity contribution in [3.63, 3.8) is 0 Å². The number of carbonyl (C=O) groups excluding carboxylic acids is 2. The van der Waals surface area contributed by atoms with E-state index in [4.69, 9.17) is 11.5 Å². The molecule has 4 rings (SSSR count). The molecule has 0 saturated carbocycles. The van der Waals surface area contributed by atoms with Crippen LogP contribution in [0.4, 0.5) is 0 Å². The van der Waals surface area contributed by atoms with Crippen LogP contribution in [0.1, 0.15) is 20.7 Å². The molecule has 0 bridgehead atoms. The summed E-state index contributed by atoms with van der Waals surface area (Å²) in [6.07, 6.45) is 0. The summed E-state index contributed by atoms with van der Waals surface area (Å²) < 4.78 is 0. The molecular formula is C26H20N2O2S2. The van der Waals surface area contributed by atoms with Gasteiger partial charge in [0.1, 0.15) is 0 Å². The van der Waals surface area contributed by atoms with Crippen molar-refractivity contribution in [1.29, 1.82) is 0 Å². The van der Waals surface area contributed by atoms with Gasteiger partial charge in [0.25, 0.3) is 0 Å². The maximum absolute atomic E-state index is 11.9. The lowest BCUT2D eigenvalue weighted by atomic mass is 9.99. The third-order valence-electron chi connectivity index (χ3n) is 4.96. The second-order valence-electron chi connectivity index (χ2n) is 6.98. The normalized spacial score (nSPS) is 10.6. The fourth-order valence-electron chi connectivity index (χ4n) is 3.48. The number of benzene rings is 4. The average molecular weight is 457 g/mol. The van der Waals surface area contributed by atoms with E-state index in [0.717, 1.165) is 32.0 Å². The van der Waals surface area contributed by atoms with E-state index < -0.39 is 11.8 Å². The topological polar surface area (TPSA) is 86.2 Å². The van der Waals surface area contributed by atoms with E-state index in [0.29, 0.717) is 11.1 Å². The molecule has 4 aromatic carbocycles. The first-order valence-corrected chi connectivity index (χ1v) is 12.0. The highest BCUT2D eigenvalue weighted by atomic mass is 33.1. The maximum Gasteiger partial charge on any atom is 0.249 e. The smallest absolute Gasteiger partial charge is 0.249 e. The van der Waals surface area contributed by atoms with Crippen molar-refractivity contribution in [2.24, 2.45) is 11.5 Å². The van der Waals surface area contributed by atoms with Crippen LogP contribution < -0.4 is 11.5 Å². The van der Waals surface area contributed by atoms with Crippen molar-refractivity contribution in [3.8, 4) is 22.3 Å². The summed E-state index contributed by atoms with van der Waals surface area (Å²) in [6, 6.07) is 30.5. The lowest BCUT2D eigenvalue weighted by molar-refractivity contribution is 0.0992. The van der Waals surface area contributed by atoms with Crippen LogP contribution in [0.5, 0.6) is 0 Å². The summed E-state index contributed by atoms with van der Waals surface area (Å²) in [5.74, 6) is -0.914. The van der Waals surface area contributed by atoms with Gasteiger partial charge in [-0.2, -0.15) is 0 Å². The molecule has 0 aliphatic rings. The number of amides is 2. The molecule has 0 aliphatic heterocycles. The molecule has 0 radical (unpaired) electrons. The predicted octanol–water partition coefficient (Wildman–Crippen LogP) is 6.02. The van der Waals surface area contributed by atoms with Gasteiger partial charge in [-0.15, -0.1) is 0 Å². The van der Waals surface area contributed by atoms with Gasteiger partial charge in [-0.25, -0.2) is 0 Å². The fraction of sp³-hybridized carbons (Fsp3) is 0. The van der Waals surface area contributed by atoms with Crippen LogP contribution in [-0.4, -0.2) is 11.8 Å². The molecule has 0 unspecified atom stereocenters. The summed E-state index contributed by atoms with van der Waals surface area (Å²) in [5, 5.41) is 0. The summed E-state index contributed by atoms with van der Waals surface area (Å²) in [7, 11) is 3.17. The molecule has 0 fully saturated rings. The van der Waals surface area contributed by atoms with Gasteiger partial charge < -0.3 is 11.5 Å². The van der Waals surface area contributed by atoms with Crippen LogP contribution in [0.2, 0.25) is 0 Å². The van der Waals surface area contributed by atoms with Gasteiger partial charge in [-0.1, -0.05) is 94.4 Å². The van der Waals surface area contributed by atoms with Gasteiger partial charge in [-0.3, -0.25) is 9.59 Å². The number of nitrogens with two attached hydrogens (primary N) is 2. The minimum atomic E-state index is -0.457. The number of hydrogen-bond acceptors (Lipinski definition) is 4. The Hall–Kier alpha value is -3.48. The largest absolute Gasteiger partial charge is 0.366 e. The van der Waals surface area contributed by atoms with Gasteiger partial charge in [0.15, 0.2) is 0 Å². The molecule has 0 atom stereocenters. The van der Waals surface area contributed by atoms with Crippen molar-refractivity contribution < 1.29 is 9.59 Å². The minimum Gasteiger partial charge on any atom is -0.366 e. The molecule has 4 nitrogen and oxygen atoms in total. The Morgan fingerprint density at radius 3 is 1.16 bits per heavy atom. The highest BCUT2D eigenvalue weighted by Crippen LogP contribution is 2.45. The Morgan fingerprint density at radius 1 is 0.469 bits per heavy atom. The number of rotatable bonds is 7. The van der Waals surface area contributed by atoms with Crippen LogP contribution >= 0.6 is 21.6 Å². The van der Waals surface area contributed by atoms with E-state index in [1.54, 1.807) is 45.9 Å². The van der Waals surface area contributed by atoms with Crippen LogP contribution in [0.15, 0.2) is 107 Å². The van der Waals surface area contributed by atoms with E-state index >= 15 is 0 Å². The summed E-state index contributed by atoms with van der Waals surface area (Å²) in [6.45, 7) is 0. The molecule has 4 aromatic rings. The molecule has 6 heteroatoms. The molecule has 2 amide bonds. The van der Waals surface area contributed by atoms with Gasteiger partial charge in [-0.05, 0) is 46.5 Å². The molecule has 0 spiro atoms. The first-order chi connectivity index (χ1) is 15.6. The summed E-state index contributed by atoms with van der Waals surface area (Å²) in [4.78, 5) is 25.9. The SMILES string of the molecule is NC(=O)c1ccccc1-c1ccccc1SSc1ccccc1-c1ccccc1C(N)=O. The van der Waals surface area contributed by atoms with Gasteiger partial charge in [0.05, 0.1) is 0 Å². The monoisotopic (exact) mass is 456 g/mol. The summed E-state index contributed by atoms with van der Waals surface area (Å²) in [5.41, 5.74) is 15.7. The van der Waals surface area contributed by atoms with E-state index in [-0.39, 0.29) is 0 Å². The zero-order chi connectivity index (χ0) is 22.5. The Kier molecular flexibility index (Phi) is 6.63. The number of carbonyl (C=O) groups is 2. The average Bonchev–Trinajstić information content (AvgIpc) is 2.83. The van der Waals surface area contributed by atoms with Gasteiger partial charge >= 0.3 is 0 Å². The predicted molar refractivity (Wildman–Crippen MR) is 133 cm³/mol. The van der Waals surface area contributed by atoms with Gasteiger partial charge in [0.2, 0.25) is 11.8 Å².